The van der Waals surface area contributed by atoms with Crippen molar-refractivity contribution in [3.63, 3.8) is 0 Å². The van der Waals surface area contributed by atoms with Gasteiger partial charge in [0.05, 0.1) is 0 Å². The topological polar surface area (TPSA) is 9.23 Å². The fourth-order valence-corrected chi connectivity index (χ4v) is 2.69. The van der Waals surface area contributed by atoms with Crippen LogP contribution < -0.4 is 0 Å². The Morgan fingerprint density at radius 2 is 1.85 bits per heavy atom. The van der Waals surface area contributed by atoms with Gasteiger partial charge < -0.3 is 4.65 Å². The Hall–Kier alpha value is -0.235. The summed E-state index contributed by atoms with van der Waals surface area (Å²) < 4.78 is 6.09. The lowest BCUT2D eigenvalue weighted by atomic mass is 9.53. The molecule has 0 spiro atoms. The van der Waals surface area contributed by atoms with E-state index in [1.165, 1.54) is 38.5 Å². The molecule has 2 heteroatoms. The average Bonchev–Trinajstić information content (AvgIpc) is 2.35. The lowest BCUT2D eigenvalue weighted by Crippen LogP contribution is -2.23. The zero-order chi connectivity index (χ0) is 9.10. The van der Waals surface area contributed by atoms with Crippen LogP contribution in [0.15, 0.2) is 12.1 Å². The molecule has 0 aromatic rings. The Morgan fingerprint density at radius 1 is 1.15 bits per heavy atom. The number of hydrogen-bond acceptors (Lipinski definition) is 1. The highest BCUT2D eigenvalue weighted by Gasteiger charge is 2.33. The van der Waals surface area contributed by atoms with E-state index in [-0.39, 0.29) is 0 Å². The van der Waals surface area contributed by atoms with Crippen LogP contribution in [0.1, 0.15) is 45.4 Å². The van der Waals surface area contributed by atoms with Gasteiger partial charge in [0.1, 0.15) is 0 Å². The van der Waals surface area contributed by atoms with Gasteiger partial charge in [-0.1, -0.05) is 37.7 Å². The Balaban J connectivity index is 2.09. The summed E-state index contributed by atoms with van der Waals surface area (Å²) in [6.07, 6.45) is 10.8. The third-order valence-electron chi connectivity index (χ3n) is 3.40. The Labute approximate surface area is 81.7 Å². The first-order chi connectivity index (χ1) is 6.40. The monoisotopic (exact) mass is 178 g/mol. The first-order valence-electron chi connectivity index (χ1n) is 5.68. The Bertz CT molecular complexity index is 181. The third kappa shape index (κ3) is 2.16. The van der Waals surface area contributed by atoms with Crippen LogP contribution in [0.5, 0.6) is 0 Å². The predicted octanol–water partition coefficient (Wildman–Crippen LogP) is 3.22. The molecule has 0 saturated carbocycles. The second-order valence-corrected chi connectivity index (χ2v) is 4.37. The number of fused-ring (bicyclic) bond motifs is 3. The molecule has 13 heavy (non-hydrogen) atoms. The second kappa shape index (κ2) is 4.32. The van der Waals surface area contributed by atoms with Crippen molar-refractivity contribution in [2.24, 2.45) is 0 Å². The van der Waals surface area contributed by atoms with E-state index in [1.807, 2.05) is 0 Å². The van der Waals surface area contributed by atoms with Crippen molar-refractivity contribution in [3.8, 4) is 0 Å². The van der Waals surface area contributed by atoms with Crippen LogP contribution in [0, 0.1) is 0 Å². The van der Waals surface area contributed by atoms with Crippen molar-refractivity contribution in [2.75, 3.05) is 0 Å². The maximum absolute atomic E-state index is 6.09. The summed E-state index contributed by atoms with van der Waals surface area (Å²) in [4.78, 5) is 0. The van der Waals surface area contributed by atoms with Gasteiger partial charge in [-0.2, -0.15) is 0 Å². The standard InChI is InChI=1S/C11H19BO/c1-2-9-12-10-5-3-7-11(13-12)8-4-6-10/h2,9-11H,3-8H2,1H3/b9-2+. The molecular weight excluding hydrogens is 159 g/mol. The summed E-state index contributed by atoms with van der Waals surface area (Å²) in [5.74, 6) is 3.07. The molecule has 2 bridgehead atoms. The maximum Gasteiger partial charge on any atom is 0.322 e. The molecular formula is C11H19BO. The zero-order valence-electron chi connectivity index (χ0n) is 8.54. The van der Waals surface area contributed by atoms with E-state index in [2.05, 4.69) is 19.0 Å². The summed E-state index contributed by atoms with van der Waals surface area (Å²) in [5, 5.41) is 0. The van der Waals surface area contributed by atoms with Gasteiger partial charge in [-0.15, -0.1) is 0 Å². The quantitative estimate of drug-likeness (QED) is 0.560. The predicted molar refractivity (Wildman–Crippen MR) is 56.9 cm³/mol. The summed E-state index contributed by atoms with van der Waals surface area (Å²) in [7, 11) is 0. The van der Waals surface area contributed by atoms with E-state index in [0.29, 0.717) is 13.0 Å². The molecule has 0 aromatic heterocycles. The van der Waals surface area contributed by atoms with E-state index in [1.54, 1.807) is 0 Å². The van der Waals surface area contributed by atoms with Crippen LogP contribution in [0.4, 0.5) is 0 Å². The third-order valence-corrected chi connectivity index (χ3v) is 3.40. The Kier molecular flexibility index (Phi) is 3.10. The summed E-state index contributed by atoms with van der Waals surface area (Å²) in [6, 6.07) is 0. The van der Waals surface area contributed by atoms with Gasteiger partial charge in [0.15, 0.2) is 0 Å². The minimum absolute atomic E-state index is 0.431. The molecule has 2 aliphatic heterocycles. The molecule has 2 heterocycles. The summed E-state index contributed by atoms with van der Waals surface area (Å²) in [6.45, 7) is 2.53. The summed E-state index contributed by atoms with van der Waals surface area (Å²) >= 11 is 0. The lowest BCUT2D eigenvalue weighted by molar-refractivity contribution is 0.191. The van der Waals surface area contributed by atoms with Gasteiger partial charge in [0.2, 0.25) is 0 Å². The molecule has 0 aliphatic carbocycles. The van der Waals surface area contributed by atoms with Gasteiger partial charge in [0, 0.05) is 6.10 Å². The minimum atomic E-state index is 0.431. The molecule has 1 nitrogen and oxygen atoms in total. The van der Waals surface area contributed by atoms with E-state index in [4.69, 9.17) is 4.65 Å². The highest BCUT2D eigenvalue weighted by Crippen LogP contribution is 2.36. The fraction of sp³-hybridized carbons (Fsp3) is 0.818. The van der Waals surface area contributed by atoms with Crippen LogP contribution >= 0.6 is 0 Å². The smallest absolute Gasteiger partial charge is 0.322 e. The van der Waals surface area contributed by atoms with E-state index in [9.17, 15) is 0 Å². The molecule has 0 atom stereocenters. The normalized spacial score (nSPS) is 35.0. The zero-order valence-corrected chi connectivity index (χ0v) is 8.54. The fourth-order valence-electron chi connectivity index (χ4n) is 2.69. The van der Waals surface area contributed by atoms with Gasteiger partial charge in [-0.25, -0.2) is 0 Å². The SMILES string of the molecule is C/C=C/B1OC2CCCC1CCC2. The highest BCUT2D eigenvalue weighted by molar-refractivity contribution is 6.59. The van der Waals surface area contributed by atoms with Gasteiger partial charge in [-0.05, 0) is 25.6 Å². The molecule has 2 aliphatic rings. The molecule has 2 rings (SSSR count). The van der Waals surface area contributed by atoms with Crippen LogP contribution in [0.25, 0.3) is 0 Å². The number of rotatable bonds is 1. The molecule has 0 radical (unpaired) electrons. The van der Waals surface area contributed by atoms with Crippen LogP contribution in [-0.4, -0.2) is 13.0 Å². The molecule has 2 saturated heterocycles. The number of allylic oxidation sites excluding steroid dienone is 1. The van der Waals surface area contributed by atoms with Crippen LogP contribution in [0.3, 0.4) is 0 Å². The molecule has 0 amide bonds. The van der Waals surface area contributed by atoms with Crippen molar-refractivity contribution in [3.05, 3.63) is 12.1 Å². The minimum Gasteiger partial charge on any atom is -0.428 e. The van der Waals surface area contributed by atoms with Crippen molar-refractivity contribution in [1.29, 1.82) is 0 Å². The molecule has 0 N–H and O–H groups in total. The molecule has 72 valence electrons. The van der Waals surface area contributed by atoms with Crippen molar-refractivity contribution >= 4 is 6.92 Å². The van der Waals surface area contributed by atoms with Crippen LogP contribution in [0.2, 0.25) is 5.82 Å². The maximum atomic E-state index is 6.09. The van der Waals surface area contributed by atoms with Gasteiger partial charge >= 0.3 is 6.92 Å². The average molecular weight is 178 g/mol. The molecule has 2 fully saturated rings. The molecule has 0 unspecified atom stereocenters. The molecule has 0 aromatic carbocycles. The van der Waals surface area contributed by atoms with E-state index >= 15 is 0 Å². The van der Waals surface area contributed by atoms with Gasteiger partial charge in [0.25, 0.3) is 0 Å². The van der Waals surface area contributed by atoms with Gasteiger partial charge in [-0.3, -0.25) is 0 Å². The van der Waals surface area contributed by atoms with Crippen molar-refractivity contribution in [2.45, 2.75) is 57.4 Å². The summed E-state index contributed by atoms with van der Waals surface area (Å²) in [5.41, 5.74) is 0. The first-order valence-corrected chi connectivity index (χ1v) is 5.68. The first kappa shape index (κ1) is 9.33. The number of hydrogen-bond donors (Lipinski definition) is 0. The second-order valence-electron chi connectivity index (χ2n) is 4.37. The van der Waals surface area contributed by atoms with Crippen LogP contribution in [-0.2, 0) is 4.65 Å². The van der Waals surface area contributed by atoms with E-state index < -0.39 is 0 Å². The largest absolute Gasteiger partial charge is 0.428 e. The lowest BCUT2D eigenvalue weighted by Gasteiger charge is -2.16. The van der Waals surface area contributed by atoms with Crippen molar-refractivity contribution < 1.29 is 4.65 Å². The highest BCUT2D eigenvalue weighted by atomic mass is 16.4. The van der Waals surface area contributed by atoms with E-state index in [0.717, 1.165) is 5.82 Å². The van der Waals surface area contributed by atoms with Crippen molar-refractivity contribution in [1.82, 2.24) is 0 Å². The Morgan fingerprint density at radius 3 is 2.46 bits per heavy atom.